The number of allylic oxidation sites excluding steroid dienone is 2. The molecule has 1 heterocycles. The minimum absolute atomic E-state index is 0.0549. The van der Waals surface area contributed by atoms with Crippen molar-refractivity contribution in [3.8, 4) is 5.75 Å². The molecule has 2 aromatic carbocycles. The van der Waals surface area contributed by atoms with Crippen molar-refractivity contribution in [3.05, 3.63) is 69.4 Å². The highest BCUT2D eigenvalue weighted by atomic mass is 35.5. The molecule has 1 unspecified atom stereocenters. The lowest BCUT2D eigenvalue weighted by Gasteiger charge is -2.34. The number of carbonyl (C=O) groups is 2. The summed E-state index contributed by atoms with van der Waals surface area (Å²) in [5.74, 6) is 0.685. The maximum Gasteiger partial charge on any atom is 0.321 e. The average molecular weight is 545 g/mol. The molecule has 37 heavy (non-hydrogen) atoms. The van der Waals surface area contributed by atoms with E-state index in [0.29, 0.717) is 60.3 Å². The summed E-state index contributed by atoms with van der Waals surface area (Å²) < 4.78 is 5.18. The molecule has 2 aliphatic rings. The second-order valence-corrected chi connectivity index (χ2v) is 9.90. The van der Waals surface area contributed by atoms with E-state index in [0.717, 1.165) is 24.4 Å². The first-order chi connectivity index (χ1) is 17.8. The highest BCUT2D eigenvalue weighted by molar-refractivity contribution is 6.42. The van der Waals surface area contributed by atoms with Gasteiger partial charge < -0.3 is 20.1 Å². The molecule has 1 aliphatic carbocycles. The monoisotopic (exact) mass is 544 g/mol. The Kier molecular flexibility index (Phi) is 9.08. The smallest absolute Gasteiger partial charge is 0.321 e. The van der Waals surface area contributed by atoms with Gasteiger partial charge in [-0.2, -0.15) is 0 Å². The fraction of sp³-hybridized carbons (Fsp3) is 0.370. The number of methoxy groups -OCH3 is 1. The topological polar surface area (TPSA) is 94.5 Å². The lowest BCUT2D eigenvalue weighted by atomic mass is 9.83. The zero-order valence-electron chi connectivity index (χ0n) is 20.6. The number of urea groups is 1. The molecular formula is C27H30Cl2N4O4. The number of Topliss-reactive ketones (excluding diaryl/α,β-unsaturated/α-hetero) is 1. The quantitative estimate of drug-likeness (QED) is 0.468. The fourth-order valence-electron chi connectivity index (χ4n) is 4.47. The van der Waals surface area contributed by atoms with E-state index in [2.05, 4.69) is 15.2 Å². The maximum absolute atomic E-state index is 12.7. The van der Waals surface area contributed by atoms with Crippen molar-refractivity contribution < 1.29 is 19.4 Å². The van der Waals surface area contributed by atoms with Gasteiger partial charge in [0.1, 0.15) is 11.5 Å². The number of aliphatic hydroxyl groups is 1. The van der Waals surface area contributed by atoms with Crippen molar-refractivity contribution in [1.82, 2.24) is 9.80 Å². The number of piperazine rings is 1. The van der Waals surface area contributed by atoms with Crippen LogP contribution in [0.1, 0.15) is 24.3 Å². The lowest BCUT2D eigenvalue weighted by Crippen LogP contribution is -2.50. The van der Waals surface area contributed by atoms with Gasteiger partial charge in [-0.25, -0.2) is 4.79 Å². The lowest BCUT2D eigenvalue weighted by molar-refractivity contribution is -0.116. The number of anilines is 1. The summed E-state index contributed by atoms with van der Waals surface area (Å²) >= 11 is 11.9. The summed E-state index contributed by atoms with van der Waals surface area (Å²) in [6.07, 6.45) is 2.25. The molecule has 2 aromatic rings. The molecule has 1 fully saturated rings. The number of aliphatic hydroxyl groups excluding tert-OH is 1. The number of nitrogens with one attached hydrogen (secondary N) is 1. The van der Waals surface area contributed by atoms with Gasteiger partial charge in [-0.05, 0) is 41.8 Å². The van der Waals surface area contributed by atoms with Gasteiger partial charge in [0.05, 0.1) is 29.3 Å². The largest absolute Gasteiger partial charge is 0.511 e. The van der Waals surface area contributed by atoms with Crippen LogP contribution in [0.15, 0.2) is 58.8 Å². The van der Waals surface area contributed by atoms with E-state index in [1.54, 1.807) is 30.2 Å². The Hall–Kier alpha value is -3.07. The predicted molar refractivity (Wildman–Crippen MR) is 146 cm³/mol. The number of aliphatic imine (C=N–C) groups is 1. The van der Waals surface area contributed by atoms with Gasteiger partial charge in [0.15, 0.2) is 5.78 Å². The Morgan fingerprint density at radius 2 is 1.84 bits per heavy atom. The second-order valence-electron chi connectivity index (χ2n) is 9.08. The second kappa shape index (κ2) is 12.4. The molecule has 0 radical (unpaired) electrons. The summed E-state index contributed by atoms with van der Waals surface area (Å²) in [6, 6.07) is 12.4. The predicted octanol–water partition coefficient (Wildman–Crippen LogP) is 5.18. The summed E-state index contributed by atoms with van der Waals surface area (Å²) in [5.41, 5.74) is 1.90. The molecule has 0 saturated carbocycles. The SMILES string of the molecule is COc1ccc(C2CC(=O)C(C=NCCN3CCN(C(=O)Nc4ccc(Cl)c(Cl)c4)CC3)=C(O)C2)cc1. The van der Waals surface area contributed by atoms with Crippen molar-refractivity contribution in [2.45, 2.75) is 18.8 Å². The van der Waals surface area contributed by atoms with E-state index < -0.39 is 0 Å². The third-order valence-corrected chi connectivity index (χ3v) is 7.41. The van der Waals surface area contributed by atoms with Crippen LogP contribution in [0.5, 0.6) is 5.75 Å². The number of carbonyl (C=O) groups excluding carboxylic acids is 2. The molecule has 8 nitrogen and oxygen atoms in total. The van der Waals surface area contributed by atoms with Crippen LogP contribution in [0.2, 0.25) is 10.0 Å². The van der Waals surface area contributed by atoms with Crippen molar-refractivity contribution in [2.24, 2.45) is 4.99 Å². The molecule has 0 aromatic heterocycles. The molecule has 1 aliphatic heterocycles. The standard InChI is InChI=1S/C27H30Cl2N4O4/c1-37-21-5-2-18(3-6-21)19-14-25(34)22(26(35)15-19)17-30-8-9-32-10-12-33(13-11-32)27(36)31-20-4-7-23(28)24(29)16-20/h2-7,16-17,19,34H,8-15H2,1H3,(H,31,36). The van der Waals surface area contributed by atoms with Gasteiger partial charge in [0.25, 0.3) is 0 Å². The first kappa shape index (κ1) is 27.0. The van der Waals surface area contributed by atoms with Gasteiger partial charge in [0, 0.05) is 57.5 Å². The van der Waals surface area contributed by atoms with E-state index in [1.165, 1.54) is 6.21 Å². The minimum Gasteiger partial charge on any atom is -0.511 e. The molecule has 196 valence electrons. The van der Waals surface area contributed by atoms with Crippen LogP contribution < -0.4 is 10.1 Å². The van der Waals surface area contributed by atoms with E-state index >= 15 is 0 Å². The number of ketones is 1. The van der Waals surface area contributed by atoms with Gasteiger partial charge in [-0.3, -0.25) is 14.7 Å². The van der Waals surface area contributed by atoms with Crippen molar-refractivity contribution in [3.63, 3.8) is 0 Å². The van der Waals surface area contributed by atoms with Crippen LogP contribution in [-0.2, 0) is 4.79 Å². The molecule has 0 bridgehead atoms. The average Bonchev–Trinajstić information content (AvgIpc) is 2.90. The maximum atomic E-state index is 12.7. The van der Waals surface area contributed by atoms with Gasteiger partial charge >= 0.3 is 6.03 Å². The summed E-state index contributed by atoms with van der Waals surface area (Å²) in [6.45, 7) is 3.83. The number of benzene rings is 2. The summed E-state index contributed by atoms with van der Waals surface area (Å²) in [7, 11) is 1.61. The van der Waals surface area contributed by atoms with Crippen LogP contribution >= 0.6 is 23.2 Å². The van der Waals surface area contributed by atoms with Crippen molar-refractivity contribution in [2.75, 3.05) is 51.7 Å². The number of hydrogen-bond donors (Lipinski definition) is 2. The van der Waals surface area contributed by atoms with Crippen LogP contribution in [0.4, 0.5) is 10.5 Å². The Morgan fingerprint density at radius 1 is 1.11 bits per heavy atom. The van der Waals surface area contributed by atoms with Gasteiger partial charge in [-0.1, -0.05) is 35.3 Å². The third-order valence-electron chi connectivity index (χ3n) is 6.67. The Morgan fingerprint density at radius 3 is 2.49 bits per heavy atom. The van der Waals surface area contributed by atoms with Gasteiger partial charge in [-0.15, -0.1) is 0 Å². The molecule has 4 rings (SSSR count). The van der Waals surface area contributed by atoms with Crippen LogP contribution in [0, 0.1) is 0 Å². The van der Waals surface area contributed by atoms with E-state index in [1.807, 2.05) is 24.3 Å². The molecule has 1 atom stereocenters. The summed E-state index contributed by atoms with van der Waals surface area (Å²) in [5, 5.41) is 14.2. The van der Waals surface area contributed by atoms with E-state index in [-0.39, 0.29) is 23.5 Å². The van der Waals surface area contributed by atoms with E-state index in [9.17, 15) is 14.7 Å². The zero-order chi connectivity index (χ0) is 26.4. The highest BCUT2D eigenvalue weighted by Gasteiger charge is 2.28. The molecule has 10 heteroatoms. The third kappa shape index (κ3) is 7.03. The normalized spacial score (nSPS) is 18.9. The molecular weight excluding hydrogens is 515 g/mol. The number of rotatable bonds is 7. The Balaban J connectivity index is 1.21. The molecule has 2 N–H and O–H groups in total. The highest BCUT2D eigenvalue weighted by Crippen LogP contribution is 2.33. The zero-order valence-corrected chi connectivity index (χ0v) is 22.1. The van der Waals surface area contributed by atoms with Crippen molar-refractivity contribution in [1.29, 1.82) is 0 Å². The number of nitrogens with zero attached hydrogens (tertiary/aromatic N) is 3. The first-order valence-corrected chi connectivity index (χ1v) is 12.9. The molecule has 0 spiro atoms. The van der Waals surface area contributed by atoms with Gasteiger partial charge in [0.2, 0.25) is 0 Å². The molecule has 1 saturated heterocycles. The van der Waals surface area contributed by atoms with Crippen LogP contribution in [0.25, 0.3) is 0 Å². The minimum atomic E-state index is -0.178. The summed E-state index contributed by atoms with van der Waals surface area (Å²) in [4.78, 5) is 33.6. The Labute approximate surface area is 226 Å². The molecule has 2 amide bonds. The number of amides is 2. The number of hydrogen-bond acceptors (Lipinski definition) is 6. The first-order valence-electron chi connectivity index (χ1n) is 12.2. The number of ether oxygens (including phenoxy) is 1. The Bertz CT molecular complexity index is 1190. The van der Waals surface area contributed by atoms with Crippen molar-refractivity contribution >= 4 is 46.9 Å². The van der Waals surface area contributed by atoms with E-state index in [4.69, 9.17) is 27.9 Å². The van der Waals surface area contributed by atoms with Crippen LogP contribution in [0.3, 0.4) is 0 Å². The number of halogens is 2. The fourth-order valence-corrected chi connectivity index (χ4v) is 4.77. The van der Waals surface area contributed by atoms with Crippen LogP contribution in [-0.4, -0.2) is 79.3 Å².